The standard InChI is InChI=1S/C53H34N2S2/c1-33-54-48(40-13-9-12-37(26-40)36-20-18-35(19-21-36)34-10-3-2-4-11-34)32-49(55-33)43-28-41(38-22-24-52-46(30-38)44-14-5-7-16-50(44)56-52)27-42(29-43)39-23-25-53-47(31-39)45-15-6-8-17-51(45)57-53/h2-32H,1H3. The summed E-state index contributed by atoms with van der Waals surface area (Å²) in [6.45, 7) is 2.00. The molecule has 3 aromatic heterocycles. The van der Waals surface area contributed by atoms with Gasteiger partial charge in [0.15, 0.2) is 0 Å². The zero-order valence-electron chi connectivity index (χ0n) is 31.1. The molecule has 0 aliphatic rings. The molecule has 0 fully saturated rings. The molecule has 268 valence electrons. The van der Waals surface area contributed by atoms with Gasteiger partial charge in [0.2, 0.25) is 0 Å². The van der Waals surface area contributed by atoms with Crippen molar-refractivity contribution in [1.82, 2.24) is 9.97 Å². The Kier molecular flexibility index (Phi) is 8.13. The summed E-state index contributed by atoms with van der Waals surface area (Å²) in [5.41, 5.74) is 13.4. The molecule has 0 N–H and O–H groups in total. The van der Waals surface area contributed by atoms with Gasteiger partial charge in [0.25, 0.3) is 0 Å². The van der Waals surface area contributed by atoms with Crippen LogP contribution in [0.15, 0.2) is 188 Å². The van der Waals surface area contributed by atoms with Crippen molar-refractivity contribution in [3.63, 3.8) is 0 Å². The van der Waals surface area contributed by atoms with Gasteiger partial charge in [-0.25, -0.2) is 9.97 Å². The summed E-state index contributed by atoms with van der Waals surface area (Å²) in [6, 6.07) is 68.4. The summed E-state index contributed by atoms with van der Waals surface area (Å²) in [4.78, 5) is 10.1. The van der Waals surface area contributed by atoms with Crippen LogP contribution in [0, 0.1) is 6.92 Å². The Morgan fingerprint density at radius 2 is 0.684 bits per heavy atom. The smallest absolute Gasteiger partial charge is 0.126 e. The van der Waals surface area contributed by atoms with Crippen LogP contribution in [0.5, 0.6) is 0 Å². The zero-order chi connectivity index (χ0) is 37.9. The highest BCUT2D eigenvalue weighted by atomic mass is 32.1. The van der Waals surface area contributed by atoms with Crippen molar-refractivity contribution in [3.8, 4) is 67.0 Å². The van der Waals surface area contributed by atoms with Crippen molar-refractivity contribution in [1.29, 1.82) is 0 Å². The summed E-state index contributed by atoms with van der Waals surface area (Å²) in [7, 11) is 0. The van der Waals surface area contributed by atoms with E-state index in [2.05, 4.69) is 188 Å². The van der Waals surface area contributed by atoms with E-state index in [4.69, 9.17) is 9.97 Å². The monoisotopic (exact) mass is 762 g/mol. The van der Waals surface area contributed by atoms with Crippen LogP contribution in [0.3, 0.4) is 0 Å². The summed E-state index contributed by atoms with van der Waals surface area (Å²) in [5.74, 6) is 0.740. The predicted molar refractivity (Wildman–Crippen MR) is 245 cm³/mol. The number of hydrogen-bond acceptors (Lipinski definition) is 4. The van der Waals surface area contributed by atoms with E-state index in [1.54, 1.807) is 0 Å². The van der Waals surface area contributed by atoms with Crippen molar-refractivity contribution >= 4 is 63.0 Å². The topological polar surface area (TPSA) is 25.8 Å². The van der Waals surface area contributed by atoms with Crippen molar-refractivity contribution < 1.29 is 0 Å². The fourth-order valence-electron chi connectivity index (χ4n) is 8.13. The molecule has 3 heterocycles. The van der Waals surface area contributed by atoms with Crippen LogP contribution >= 0.6 is 22.7 Å². The number of thiophene rings is 2. The number of aryl methyl sites for hydroxylation is 1. The Morgan fingerprint density at radius 3 is 1.30 bits per heavy atom. The SMILES string of the molecule is Cc1nc(-c2cccc(-c3ccc(-c4ccccc4)cc3)c2)cc(-c2cc(-c3ccc4sc5ccccc5c4c3)cc(-c3ccc4sc5ccccc5c4c3)c2)n1. The van der Waals surface area contributed by atoms with Gasteiger partial charge in [-0.15, -0.1) is 22.7 Å². The molecule has 57 heavy (non-hydrogen) atoms. The molecule has 0 aliphatic carbocycles. The Hall–Kier alpha value is -6.72. The Labute approximate surface area is 339 Å². The van der Waals surface area contributed by atoms with Crippen LogP contribution in [0.1, 0.15) is 5.82 Å². The molecule has 0 unspecified atom stereocenters. The van der Waals surface area contributed by atoms with Crippen molar-refractivity contribution in [2.24, 2.45) is 0 Å². The maximum atomic E-state index is 5.08. The summed E-state index contributed by atoms with van der Waals surface area (Å²) >= 11 is 3.71. The molecule has 11 aromatic rings. The molecule has 11 rings (SSSR count). The van der Waals surface area contributed by atoms with E-state index < -0.39 is 0 Å². The first-order valence-corrected chi connectivity index (χ1v) is 20.8. The molecule has 0 radical (unpaired) electrons. The number of benzene rings is 8. The van der Waals surface area contributed by atoms with Gasteiger partial charge in [-0.05, 0) is 118 Å². The van der Waals surface area contributed by atoms with Gasteiger partial charge in [0, 0.05) is 51.5 Å². The molecular formula is C53H34N2S2. The van der Waals surface area contributed by atoms with Crippen LogP contribution in [0.4, 0.5) is 0 Å². The third kappa shape index (κ3) is 6.20. The first kappa shape index (κ1) is 33.6. The third-order valence-electron chi connectivity index (χ3n) is 11.0. The highest BCUT2D eigenvalue weighted by Gasteiger charge is 2.15. The predicted octanol–water partition coefficient (Wildman–Crippen LogP) is 15.5. The molecule has 0 saturated carbocycles. The van der Waals surface area contributed by atoms with Gasteiger partial charge < -0.3 is 0 Å². The molecule has 0 spiro atoms. The first-order valence-electron chi connectivity index (χ1n) is 19.2. The Morgan fingerprint density at radius 1 is 0.281 bits per heavy atom. The molecule has 0 bridgehead atoms. The van der Waals surface area contributed by atoms with Crippen LogP contribution in [-0.4, -0.2) is 9.97 Å². The average molecular weight is 763 g/mol. The van der Waals surface area contributed by atoms with Gasteiger partial charge in [-0.3, -0.25) is 0 Å². The van der Waals surface area contributed by atoms with Gasteiger partial charge in [-0.2, -0.15) is 0 Å². The molecule has 4 heteroatoms. The fourth-order valence-corrected chi connectivity index (χ4v) is 10.3. The molecule has 8 aromatic carbocycles. The maximum Gasteiger partial charge on any atom is 0.126 e. The zero-order valence-corrected chi connectivity index (χ0v) is 32.7. The van der Waals surface area contributed by atoms with Crippen molar-refractivity contribution in [2.45, 2.75) is 6.92 Å². The Bertz CT molecular complexity index is 3170. The van der Waals surface area contributed by atoms with E-state index >= 15 is 0 Å². The first-order chi connectivity index (χ1) is 28.1. The van der Waals surface area contributed by atoms with E-state index in [1.807, 2.05) is 29.6 Å². The summed E-state index contributed by atoms with van der Waals surface area (Å²) < 4.78 is 5.23. The van der Waals surface area contributed by atoms with Crippen LogP contribution in [0.2, 0.25) is 0 Å². The van der Waals surface area contributed by atoms with Crippen molar-refractivity contribution in [2.75, 3.05) is 0 Å². The molecule has 0 atom stereocenters. The van der Waals surface area contributed by atoms with Gasteiger partial charge in [0.05, 0.1) is 11.4 Å². The Balaban J connectivity index is 1.03. The normalized spacial score (nSPS) is 11.6. The molecule has 0 saturated heterocycles. The minimum Gasteiger partial charge on any atom is -0.233 e. The summed E-state index contributed by atoms with van der Waals surface area (Å²) in [6.07, 6.45) is 0. The number of nitrogens with zero attached hydrogens (tertiary/aromatic N) is 2. The second kappa shape index (κ2) is 13.8. The van der Waals surface area contributed by atoms with E-state index in [0.29, 0.717) is 0 Å². The number of aromatic nitrogens is 2. The highest BCUT2D eigenvalue weighted by molar-refractivity contribution is 7.26. The fraction of sp³-hybridized carbons (Fsp3) is 0.0189. The average Bonchev–Trinajstić information content (AvgIpc) is 3.84. The lowest BCUT2D eigenvalue weighted by atomic mass is 9.93. The number of rotatable bonds is 6. The van der Waals surface area contributed by atoms with Gasteiger partial charge >= 0.3 is 0 Å². The third-order valence-corrected chi connectivity index (χ3v) is 13.3. The second-order valence-electron chi connectivity index (χ2n) is 14.6. The van der Waals surface area contributed by atoms with E-state index in [-0.39, 0.29) is 0 Å². The lowest BCUT2D eigenvalue weighted by molar-refractivity contribution is 1.06. The highest BCUT2D eigenvalue weighted by Crippen LogP contribution is 2.41. The van der Waals surface area contributed by atoms with Crippen LogP contribution < -0.4 is 0 Å². The number of fused-ring (bicyclic) bond motifs is 6. The molecular weight excluding hydrogens is 729 g/mol. The van der Waals surface area contributed by atoms with E-state index in [9.17, 15) is 0 Å². The van der Waals surface area contributed by atoms with E-state index in [0.717, 1.165) is 45.0 Å². The van der Waals surface area contributed by atoms with E-state index in [1.165, 1.54) is 68.2 Å². The lowest BCUT2D eigenvalue weighted by Gasteiger charge is -2.13. The van der Waals surface area contributed by atoms with Gasteiger partial charge in [-0.1, -0.05) is 121 Å². The van der Waals surface area contributed by atoms with Crippen molar-refractivity contribution in [3.05, 3.63) is 194 Å². The largest absolute Gasteiger partial charge is 0.233 e. The minimum absolute atomic E-state index is 0.740. The summed E-state index contributed by atoms with van der Waals surface area (Å²) in [5, 5.41) is 5.19. The van der Waals surface area contributed by atoms with Crippen LogP contribution in [-0.2, 0) is 0 Å². The van der Waals surface area contributed by atoms with Crippen LogP contribution in [0.25, 0.3) is 107 Å². The molecule has 2 nitrogen and oxygen atoms in total. The quantitative estimate of drug-likeness (QED) is 0.169. The van der Waals surface area contributed by atoms with Gasteiger partial charge in [0.1, 0.15) is 5.82 Å². The minimum atomic E-state index is 0.740. The second-order valence-corrected chi connectivity index (χ2v) is 16.8. The lowest BCUT2D eigenvalue weighted by Crippen LogP contribution is -1.96. The molecule has 0 amide bonds. The maximum absolute atomic E-state index is 5.08. The molecule has 0 aliphatic heterocycles. The number of hydrogen-bond donors (Lipinski definition) is 0.